The molecule has 2 aromatic rings. The average Bonchev–Trinajstić information content (AvgIpc) is 2.57. The van der Waals surface area contributed by atoms with E-state index in [1.54, 1.807) is 50.5 Å². The van der Waals surface area contributed by atoms with E-state index >= 15 is 0 Å². The number of nitrogens with zero attached hydrogens (tertiary/aromatic N) is 2. The van der Waals surface area contributed by atoms with Crippen LogP contribution in [0.2, 0.25) is 5.02 Å². The minimum atomic E-state index is -3.90. The first-order valence-corrected chi connectivity index (χ1v) is 10.1. The van der Waals surface area contributed by atoms with Crippen molar-refractivity contribution in [3.05, 3.63) is 57.5 Å². The summed E-state index contributed by atoms with van der Waals surface area (Å²) in [4.78, 5) is 13.7. The molecule has 146 valence electrons. The topological polar surface area (TPSA) is 78.8 Å². The lowest BCUT2D eigenvalue weighted by Gasteiger charge is -2.09. The fraction of sp³-hybridized carbons (Fsp3) is 0.176. The summed E-state index contributed by atoms with van der Waals surface area (Å²) in [5, 5.41) is 3.18. The van der Waals surface area contributed by atoms with Gasteiger partial charge in [0.2, 0.25) is 5.91 Å². The number of carbonyl (C=O) groups is 1. The first-order chi connectivity index (χ1) is 12.2. The molecule has 0 fully saturated rings. The molecule has 0 saturated carbocycles. The van der Waals surface area contributed by atoms with Gasteiger partial charge in [0.15, 0.2) is 0 Å². The first-order valence-electron chi connectivity index (χ1n) is 7.49. The highest BCUT2D eigenvalue weighted by Gasteiger charge is 2.18. The van der Waals surface area contributed by atoms with E-state index in [0.717, 1.165) is 0 Å². The highest BCUT2D eigenvalue weighted by Crippen LogP contribution is 2.27. The zero-order valence-electron chi connectivity index (χ0n) is 14.5. The lowest BCUT2D eigenvalue weighted by Crippen LogP contribution is -2.15. The number of amides is 1. The molecule has 0 unspecified atom stereocenters. The second kappa shape index (κ2) is 10.1. The van der Waals surface area contributed by atoms with Crippen molar-refractivity contribution < 1.29 is 13.2 Å². The Bertz CT molecular complexity index is 950. The van der Waals surface area contributed by atoms with Gasteiger partial charge in [-0.1, -0.05) is 29.8 Å². The predicted molar refractivity (Wildman–Crippen MR) is 115 cm³/mol. The SMILES string of the molecule is CN(C)/C=N/S(=O)(=O)c1cc(NC(=O)Cc2ccccc2Cl)ccc1Br.Cl. The molecular weight excluding hydrogens is 477 g/mol. The summed E-state index contributed by atoms with van der Waals surface area (Å²) in [7, 11) is -0.569. The van der Waals surface area contributed by atoms with Crippen LogP contribution in [-0.4, -0.2) is 39.7 Å². The van der Waals surface area contributed by atoms with Crippen LogP contribution < -0.4 is 5.32 Å². The van der Waals surface area contributed by atoms with Crippen molar-refractivity contribution in [1.29, 1.82) is 0 Å². The monoisotopic (exact) mass is 493 g/mol. The summed E-state index contributed by atoms with van der Waals surface area (Å²) in [5.41, 5.74) is 1.04. The lowest BCUT2D eigenvalue weighted by molar-refractivity contribution is -0.115. The average molecular weight is 495 g/mol. The third-order valence-corrected chi connectivity index (χ3v) is 5.81. The summed E-state index contributed by atoms with van der Waals surface area (Å²) in [5.74, 6) is -0.305. The molecule has 0 heterocycles. The number of hydrogen-bond donors (Lipinski definition) is 1. The van der Waals surface area contributed by atoms with Crippen molar-refractivity contribution in [1.82, 2.24) is 4.90 Å². The van der Waals surface area contributed by atoms with Crippen LogP contribution in [0.3, 0.4) is 0 Å². The molecule has 0 bridgehead atoms. The van der Waals surface area contributed by atoms with E-state index in [-0.39, 0.29) is 29.6 Å². The van der Waals surface area contributed by atoms with Crippen LogP contribution >= 0.6 is 39.9 Å². The van der Waals surface area contributed by atoms with Crippen molar-refractivity contribution >= 4 is 67.9 Å². The molecule has 0 aliphatic rings. The van der Waals surface area contributed by atoms with Gasteiger partial charge in [0, 0.05) is 29.3 Å². The number of anilines is 1. The number of hydrogen-bond acceptors (Lipinski definition) is 3. The Morgan fingerprint density at radius 3 is 2.56 bits per heavy atom. The minimum absolute atomic E-state index is 0. The maximum Gasteiger partial charge on any atom is 0.284 e. The van der Waals surface area contributed by atoms with Crippen LogP contribution in [0.4, 0.5) is 5.69 Å². The zero-order chi connectivity index (χ0) is 19.3. The molecule has 27 heavy (non-hydrogen) atoms. The van der Waals surface area contributed by atoms with E-state index in [9.17, 15) is 13.2 Å². The second-order valence-corrected chi connectivity index (χ2v) is 8.48. The summed E-state index contributed by atoms with van der Waals surface area (Å²) in [6.07, 6.45) is 1.28. The highest BCUT2D eigenvalue weighted by molar-refractivity contribution is 9.10. The molecular formula is C17H18BrCl2N3O3S. The maximum absolute atomic E-state index is 12.3. The summed E-state index contributed by atoms with van der Waals surface area (Å²) >= 11 is 9.26. The van der Waals surface area contributed by atoms with Gasteiger partial charge in [-0.25, -0.2) is 0 Å². The first kappa shape index (κ1) is 23.4. The van der Waals surface area contributed by atoms with Gasteiger partial charge in [-0.05, 0) is 45.8 Å². The smallest absolute Gasteiger partial charge is 0.284 e. The van der Waals surface area contributed by atoms with Crippen LogP contribution in [-0.2, 0) is 21.2 Å². The van der Waals surface area contributed by atoms with Gasteiger partial charge in [0.05, 0.1) is 6.42 Å². The second-order valence-electron chi connectivity index (χ2n) is 5.62. The number of nitrogens with one attached hydrogen (secondary N) is 1. The molecule has 1 amide bonds. The highest BCUT2D eigenvalue weighted by atomic mass is 79.9. The van der Waals surface area contributed by atoms with Crippen LogP contribution in [0.1, 0.15) is 5.56 Å². The van der Waals surface area contributed by atoms with Crippen LogP contribution in [0.15, 0.2) is 56.2 Å². The maximum atomic E-state index is 12.3. The Kier molecular flexibility index (Phi) is 8.74. The van der Waals surface area contributed by atoms with Gasteiger partial charge in [-0.2, -0.15) is 8.42 Å². The molecule has 0 aliphatic carbocycles. The Morgan fingerprint density at radius 2 is 1.93 bits per heavy atom. The van der Waals surface area contributed by atoms with E-state index in [1.165, 1.54) is 17.3 Å². The Hall–Kier alpha value is -1.61. The molecule has 0 spiro atoms. The number of sulfonamides is 1. The Labute approximate surface area is 178 Å². The fourth-order valence-corrected chi connectivity index (χ4v) is 4.09. The largest absolute Gasteiger partial charge is 0.368 e. The van der Waals surface area contributed by atoms with Crippen molar-refractivity contribution in [3.8, 4) is 0 Å². The molecule has 0 atom stereocenters. The van der Waals surface area contributed by atoms with Crippen molar-refractivity contribution in [3.63, 3.8) is 0 Å². The van der Waals surface area contributed by atoms with Gasteiger partial charge in [-0.3, -0.25) is 4.79 Å². The van der Waals surface area contributed by atoms with Crippen LogP contribution in [0, 0.1) is 0 Å². The van der Waals surface area contributed by atoms with Crippen molar-refractivity contribution in [2.45, 2.75) is 11.3 Å². The van der Waals surface area contributed by atoms with E-state index in [4.69, 9.17) is 11.6 Å². The molecule has 2 rings (SSSR count). The molecule has 0 radical (unpaired) electrons. The molecule has 0 saturated heterocycles. The van der Waals surface area contributed by atoms with Gasteiger partial charge in [-0.15, -0.1) is 16.8 Å². The molecule has 0 aliphatic heterocycles. The van der Waals surface area contributed by atoms with E-state index in [1.807, 2.05) is 0 Å². The van der Waals surface area contributed by atoms with Gasteiger partial charge >= 0.3 is 0 Å². The predicted octanol–water partition coefficient (Wildman–Crippen LogP) is 3.98. The normalized spacial score (nSPS) is 11.1. The molecule has 1 N–H and O–H groups in total. The quantitative estimate of drug-likeness (QED) is 0.486. The van der Waals surface area contributed by atoms with E-state index < -0.39 is 10.0 Å². The van der Waals surface area contributed by atoms with Gasteiger partial charge in [0.1, 0.15) is 11.2 Å². The van der Waals surface area contributed by atoms with E-state index in [0.29, 0.717) is 20.7 Å². The Balaban J connectivity index is 0.00000364. The van der Waals surface area contributed by atoms with E-state index in [2.05, 4.69) is 25.6 Å². The lowest BCUT2D eigenvalue weighted by atomic mass is 10.1. The van der Waals surface area contributed by atoms with Crippen molar-refractivity contribution in [2.24, 2.45) is 4.40 Å². The van der Waals surface area contributed by atoms with Gasteiger partial charge < -0.3 is 10.2 Å². The molecule has 0 aromatic heterocycles. The van der Waals surface area contributed by atoms with Crippen molar-refractivity contribution in [2.75, 3.05) is 19.4 Å². The molecule has 2 aromatic carbocycles. The third-order valence-electron chi connectivity index (χ3n) is 3.22. The molecule has 10 heteroatoms. The third kappa shape index (κ3) is 6.80. The fourth-order valence-electron chi connectivity index (χ4n) is 2.01. The van der Waals surface area contributed by atoms with Crippen LogP contribution in [0.25, 0.3) is 0 Å². The summed E-state index contributed by atoms with van der Waals surface area (Å²) in [6.45, 7) is 0. The number of carbonyl (C=O) groups excluding carboxylic acids is 1. The van der Waals surface area contributed by atoms with Gasteiger partial charge in [0.25, 0.3) is 10.0 Å². The zero-order valence-corrected chi connectivity index (χ0v) is 18.5. The minimum Gasteiger partial charge on any atom is -0.368 e. The summed E-state index contributed by atoms with van der Waals surface area (Å²) < 4.78 is 28.7. The number of rotatable bonds is 6. The summed E-state index contributed by atoms with van der Waals surface area (Å²) in [6, 6.07) is 11.5. The van der Waals surface area contributed by atoms with Crippen LogP contribution in [0.5, 0.6) is 0 Å². The number of benzene rings is 2. The number of halogens is 3. The Morgan fingerprint density at radius 1 is 1.26 bits per heavy atom. The standard InChI is InChI=1S/C17H17BrClN3O3S.ClH/c1-22(2)11-20-26(24,25)16-10-13(7-8-14(16)18)21-17(23)9-12-5-3-4-6-15(12)19;/h3-8,10-11H,9H2,1-2H3,(H,21,23);1H/b20-11+;. The molecule has 6 nitrogen and oxygen atoms in total.